The molecule has 3 rings (SSSR count). The normalized spacial score (nSPS) is 12.4. The third-order valence-electron chi connectivity index (χ3n) is 4.57. The van der Waals surface area contributed by atoms with Gasteiger partial charge in [-0.15, -0.1) is 0 Å². The average Bonchev–Trinajstić information content (AvgIpc) is 2.74. The van der Waals surface area contributed by atoms with E-state index >= 15 is 0 Å². The zero-order valence-corrected chi connectivity index (χ0v) is 18.4. The van der Waals surface area contributed by atoms with Gasteiger partial charge in [0.05, 0.1) is 21.0 Å². The number of carbonyl (C=O) groups excluding carboxylic acids is 1. The van der Waals surface area contributed by atoms with Crippen molar-refractivity contribution in [3.8, 4) is 0 Å². The van der Waals surface area contributed by atoms with Crippen molar-refractivity contribution in [1.29, 1.82) is 0 Å². The Kier molecular flexibility index (Phi) is 6.78. The number of sulfonamides is 1. The molecule has 3 aromatic carbocycles. The van der Waals surface area contributed by atoms with E-state index in [0.717, 1.165) is 5.56 Å². The predicted molar refractivity (Wildman–Crippen MR) is 121 cm³/mol. The van der Waals surface area contributed by atoms with Gasteiger partial charge in [-0.25, -0.2) is 8.42 Å². The third-order valence-corrected chi connectivity index (χ3v) is 6.85. The van der Waals surface area contributed by atoms with Crippen molar-refractivity contribution in [3.63, 3.8) is 0 Å². The van der Waals surface area contributed by atoms with E-state index < -0.39 is 21.8 Å². The number of Topliss-reactive ketones (excluding diaryl/α,β-unsaturated/α-hetero) is 1. The Balaban J connectivity index is 2.06. The number of benzene rings is 3. The maximum atomic E-state index is 13.0. The van der Waals surface area contributed by atoms with Gasteiger partial charge in [-0.2, -0.15) is 4.72 Å². The number of halogens is 2. The Morgan fingerprint density at radius 3 is 2.20 bits per heavy atom. The summed E-state index contributed by atoms with van der Waals surface area (Å²) < 4.78 is 28.7. The molecule has 0 saturated heterocycles. The van der Waals surface area contributed by atoms with Gasteiger partial charge in [0.15, 0.2) is 5.78 Å². The highest BCUT2D eigenvalue weighted by molar-refractivity contribution is 7.89. The number of ketones is 1. The lowest BCUT2D eigenvalue weighted by Crippen LogP contribution is -2.32. The molecule has 4 nitrogen and oxygen atoms in total. The van der Waals surface area contributed by atoms with Crippen LogP contribution in [0.2, 0.25) is 10.0 Å². The Labute approximate surface area is 186 Å². The van der Waals surface area contributed by atoms with Gasteiger partial charge < -0.3 is 0 Å². The molecule has 0 heterocycles. The fourth-order valence-electron chi connectivity index (χ4n) is 2.91. The number of hydrogen-bond donors (Lipinski definition) is 1. The molecule has 30 heavy (non-hydrogen) atoms. The molecule has 0 saturated carbocycles. The summed E-state index contributed by atoms with van der Waals surface area (Å²) in [6, 6.07) is 18.6. The van der Waals surface area contributed by atoms with Crippen molar-refractivity contribution >= 4 is 39.0 Å². The zero-order valence-electron chi connectivity index (χ0n) is 16.1. The second kappa shape index (κ2) is 9.14. The van der Waals surface area contributed by atoms with Gasteiger partial charge in [0.1, 0.15) is 0 Å². The molecule has 3 aromatic rings. The van der Waals surface area contributed by atoms with E-state index in [4.69, 9.17) is 23.2 Å². The monoisotopic (exact) mass is 459 g/mol. The van der Waals surface area contributed by atoms with Crippen molar-refractivity contribution < 1.29 is 13.2 Å². The smallest absolute Gasteiger partial charge is 0.241 e. The van der Waals surface area contributed by atoms with Crippen LogP contribution in [0.25, 0.3) is 0 Å². The van der Waals surface area contributed by atoms with E-state index in [1.165, 1.54) is 12.1 Å². The molecule has 1 unspecified atom stereocenters. The summed E-state index contributed by atoms with van der Waals surface area (Å²) in [6.07, 6.45) is 0. The Bertz CT molecular complexity index is 1190. The summed E-state index contributed by atoms with van der Waals surface area (Å²) in [7, 11) is -3.98. The Morgan fingerprint density at radius 2 is 1.57 bits per heavy atom. The molecule has 0 fully saturated rings. The molecule has 7 heteroatoms. The molecule has 0 amide bonds. The van der Waals surface area contributed by atoms with Crippen molar-refractivity contribution in [2.45, 2.75) is 17.9 Å². The molecule has 0 aliphatic heterocycles. The predicted octanol–water partition coefficient (Wildman–Crippen LogP) is 5.76. The van der Waals surface area contributed by atoms with Crippen molar-refractivity contribution in [3.05, 3.63) is 112 Å². The lowest BCUT2D eigenvalue weighted by Gasteiger charge is -2.22. The lowest BCUT2D eigenvalue weighted by atomic mass is 9.94. The second-order valence-corrected chi connectivity index (χ2v) is 9.23. The van der Waals surface area contributed by atoms with E-state index in [1.807, 2.05) is 6.92 Å². The van der Waals surface area contributed by atoms with Crippen LogP contribution >= 0.6 is 23.2 Å². The summed E-state index contributed by atoms with van der Waals surface area (Å²) in [4.78, 5) is 13.1. The van der Waals surface area contributed by atoms with Crippen LogP contribution in [0.4, 0.5) is 0 Å². The molecular formula is C23H19Cl2NO3S. The largest absolute Gasteiger partial charge is 0.289 e. The van der Waals surface area contributed by atoms with Gasteiger partial charge in [0.2, 0.25) is 10.0 Å². The van der Waals surface area contributed by atoms with E-state index in [2.05, 4.69) is 11.3 Å². The summed E-state index contributed by atoms with van der Waals surface area (Å²) in [5.74, 6) is -0.400. The van der Waals surface area contributed by atoms with E-state index in [-0.39, 0.29) is 20.5 Å². The fourth-order valence-corrected chi connectivity index (χ4v) is 4.54. The van der Waals surface area contributed by atoms with Gasteiger partial charge in [-0.3, -0.25) is 4.79 Å². The number of rotatable bonds is 7. The first-order valence-electron chi connectivity index (χ1n) is 9.02. The fraction of sp³-hybridized carbons (Fsp3) is 0.0870. The molecule has 0 spiro atoms. The van der Waals surface area contributed by atoms with Crippen molar-refractivity contribution in [2.75, 3.05) is 0 Å². The molecule has 0 aliphatic carbocycles. The van der Waals surface area contributed by atoms with E-state index in [9.17, 15) is 13.2 Å². The SMILES string of the molecule is C=C(C(=O)c1ccccc1)C(NS(=O)(=O)c1ccc(C)cc1)c1cccc(Cl)c1Cl. The Morgan fingerprint density at radius 1 is 0.933 bits per heavy atom. The van der Waals surface area contributed by atoms with E-state index in [1.54, 1.807) is 60.7 Å². The number of carbonyl (C=O) groups is 1. The highest BCUT2D eigenvalue weighted by atomic mass is 35.5. The third kappa shape index (κ3) is 4.82. The molecular weight excluding hydrogens is 441 g/mol. The van der Waals surface area contributed by atoms with Gasteiger partial charge >= 0.3 is 0 Å². The average molecular weight is 460 g/mol. The highest BCUT2D eigenvalue weighted by Crippen LogP contribution is 2.35. The van der Waals surface area contributed by atoms with Gasteiger partial charge in [0.25, 0.3) is 0 Å². The highest BCUT2D eigenvalue weighted by Gasteiger charge is 2.29. The number of hydrogen-bond acceptors (Lipinski definition) is 3. The summed E-state index contributed by atoms with van der Waals surface area (Å²) in [6.45, 7) is 5.75. The summed E-state index contributed by atoms with van der Waals surface area (Å²) >= 11 is 12.5. The van der Waals surface area contributed by atoms with Crippen LogP contribution in [0.15, 0.2) is 89.8 Å². The van der Waals surface area contributed by atoms with Crippen LogP contribution in [-0.2, 0) is 10.0 Å². The molecule has 1 atom stereocenters. The van der Waals surface area contributed by atoms with E-state index in [0.29, 0.717) is 11.1 Å². The van der Waals surface area contributed by atoms with Crippen molar-refractivity contribution in [2.24, 2.45) is 0 Å². The van der Waals surface area contributed by atoms with Crippen LogP contribution in [0.3, 0.4) is 0 Å². The van der Waals surface area contributed by atoms with Crippen LogP contribution in [-0.4, -0.2) is 14.2 Å². The van der Waals surface area contributed by atoms with Gasteiger partial charge in [0, 0.05) is 11.1 Å². The molecule has 0 aliphatic rings. The second-order valence-electron chi connectivity index (χ2n) is 6.73. The van der Waals surface area contributed by atoms with Crippen LogP contribution in [0.1, 0.15) is 27.5 Å². The summed E-state index contributed by atoms with van der Waals surface area (Å²) in [5, 5.41) is 0.395. The number of aryl methyl sites for hydroxylation is 1. The first kappa shape index (κ1) is 22.2. The molecule has 154 valence electrons. The zero-order chi connectivity index (χ0) is 21.9. The van der Waals surface area contributed by atoms with Gasteiger partial charge in [-0.1, -0.05) is 89.9 Å². The molecule has 0 bridgehead atoms. The summed E-state index contributed by atoms with van der Waals surface area (Å²) in [5.41, 5.74) is 1.68. The first-order chi connectivity index (χ1) is 14.2. The van der Waals surface area contributed by atoms with Crippen molar-refractivity contribution in [1.82, 2.24) is 4.72 Å². The minimum absolute atomic E-state index is 0.0288. The van der Waals surface area contributed by atoms with Crippen LogP contribution in [0.5, 0.6) is 0 Å². The molecule has 1 N–H and O–H groups in total. The van der Waals surface area contributed by atoms with Crippen LogP contribution < -0.4 is 4.72 Å². The minimum Gasteiger partial charge on any atom is -0.289 e. The molecule has 0 aromatic heterocycles. The van der Waals surface area contributed by atoms with Crippen LogP contribution in [0, 0.1) is 6.92 Å². The Hall–Kier alpha value is -2.44. The maximum absolute atomic E-state index is 13.0. The lowest BCUT2D eigenvalue weighted by molar-refractivity contribution is 0.102. The molecule has 0 radical (unpaired) electrons. The minimum atomic E-state index is -3.98. The topological polar surface area (TPSA) is 63.2 Å². The van der Waals surface area contributed by atoms with Gasteiger partial charge in [-0.05, 0) is 30.7 Å². The maximum Gasteiger partial charge on any atom is 0.241 e. The quantitative estimate of drug-likeness (QED) is 0.360. The standard InChI is InChI=1S/C23H19Cl2NO3S/c1-15-11-13-18(14-12-15)30(28,29)26-22(19-9-6-10-20(24)21(19)25)16(2)23(27)17-7-4-3-5-8-17/h3-14,22,26H,2H2,1H3. The number of nitrogens with one attached hydrogen (secondary N) is 1. The first-order valence-corrected chi connectivity index (χ1v) is 11.3.